The first-order chi connectivity index (χ1) is 52.2. The number of carbonyl (C=O) groups is 2. The molecule has 0 radical (unpaired) electrons. The van der Waals surface area contributed by atoms with Crippen LogP contribution < -0.4 is 239 Å². The number of hydrogen-bond donors (Lipinski definition) is 5. The molecule has 0 saturated carbocycles. The van der Waals surface area contributed by atoms with E-state index >= 15 is 0 Å². The Bertz CT molecular complexity index is 5960. The van der Waals surface area contributed by atoms with Gasteiger partial charge < -0.3 is 60.6 Å². The number of amides is 2. The van der Waals surface area contributed by atoms with E-state index in [4.69, 9.17) is 14.1 Å². The van der Waals surface area contributed by atoms with E-state index in [1.165, 1.54) is 97.1 Å². The summed E-state index contributed by atoms with van der Waals surface area (Å²) in [5.41, 5.74) is 4.48. The van der Waals surface area contributed by atoms with Gasteiger partial charge in [-0.1, -0.05) is 18.2 Å². The molecule has 118 heavy (non-hydrogen) atoms. The maximum absolute atomic E-state index is 13.0. The number of anilines is 3. The molecule has 2 amide bonds. The fraction of sp³-hybridized carbons (Fsp3) is 0.103. The Balaban J connectivity index is 0.00000117. The first-order valence-electron chi connectivity index (χ1n) is 29.3. The predicted octanol–water partition coefficient (Wildman–Crippen LogP) is -15.2. The van der Waals surface area contributed by atoms with Crippen LogP contribution in [-0.4, -0.2) is 136 Å². The monoisotopic (exact) mass is 1890 g/mol. The molecule has 6 N–H and O–H groups in total. The van der Waals surface area contributed by atoms with Crippen LogP contribution in [0.1, 0.15) is 20.7 Å². The van der Waals surface area contributed by atoms with Gasteiger partial charge >= 0.3 is 207 Å². The van der Waals surface area contributed by atoms with Crippen molar-refractivity contribution in [3.05, 3.63) is 169 Å². The molecule has 0 atom stereocenters. The Kier molecular flexibility index (Phi) is 49.6. The summed E-state index contributed by atoms with van der Waals surface area (Å²) < 4.78 is 239. The number of fused-ring (bicyclic) bond motifs is 2. The van der Waals surface area contributed by atoms with Gasteiger partial charge in [-0.25, -0.2) is 58.9 Å². The molecule has 9 aromatic rings. The quantitative estimate of drug-likeness (QED) is 0.00283. The zero-order valence-corrected chi connectivity index (χ0v) is 83.7. The third-order valence-electron chi connectivity index (χ3n) is 14.1. The standard InChI is InChI=1S/C33H30N6O20S6.C25H21N3O14S4.7Na/c34-29-28-20(17-27(64(48,49)50)31(29)39-37-22-8-10-24(11-9-22)62(44,45)15-13-55-65(51,52)53)16-26(60-58-56-42)30(32(28)40)38-36-21-6-4-19(5-7-21)33(41)35-23-2-1-3-25(18-23)63(46,47)14-12-54-61-59-57-43;29-24-22(46(37,38)39)13-16-12-20(45(34,35)36)8-9-21(16)23(24)28-27-17-6-4-15(5-7-17)25(30)26-18-2-1-3-19(14-18)44(32,33)11-10-40-43-42-41-31;;;;;;;/h1-11,16-18,40,42-43H,12-15,34H2,(H,35,41)(H,48,49,50)(H,51,52,53);1-9,12-14,29,31H,10-11H2,(H,26,30)(H,34,35,36)(H,37,38,39);;;;;;;/q;;7*+1/p-7. The maximum atomic E-state index is 13.0. The second-order valence-corrected chi connectivity index (χ2v) is 34.4. The van der Waals surface area contributed by atoms with Gasteiger partial charge in [-0.05, 0) is 150 Å². The summed E-state index contributed by atoms with van der Waals surface area (Å²) in [4.78, 5) is 22.1. The van der Waals surface area contributed by atoms with Gasteiger partial charge in [0.1, 0.15) is 47.4 Å². The number of sulfone groups is 3. The molecule has 43 nitrogen and oxygen atoms in total. The normalized spacial score (nSPS) is 11.9. The van der Waals surface area contributed by atoms with Crippen molar-refractivity contribution in [3.63, 3.8) is 0 Å². The number of nitrogens with zero attached hydrogens (tertiary/aromatic N) is 6. The number of aromatic hydroxyl groups is 2. The van der Waals surface area contributed by atoms with Crippen LogP contribution >= 0.6 is 36.7 Å². The molecular weight excluding hydrogens is 1850 g/mol. The van der Waals surface area contributed by atoms with Crippen LogP contribution in [0.5, 0.6) is 11.5 Å². The summed E-state index contributed by atoms with van der Waals surface area (Å²) in [6, 6.07) is 31.0. The Morgan fingerprint density at radius 2 is 0.822 bits per heavy atom. The summed E-state index contributed by atoms with van der Waals surface area (Å²) in [6.45, 7) is -1.65. The number of phenols is 2. The molecule has 0 heterocycles. The molecular formula is C58H44N9Na7O34S10. The molecule has 0 bridgehead atoms. The van der Waals surface area contributed by atoms with E-state index in [1.54, 1.807) is 0 Å². The van der Waals surface area contributed by atoms with E-state index in [9.17, 15) is 113 Å². The Labute approximate surface area is 838 Å². The van der Waals surface area contributed by atoms with Gasteiger partial charge in [0.05, 0.1) is 112 Å². The molecule has 0 unspecified atom stereocenters. The van der Waals surface area contributed by atoms with Gasteiger partial charge in [0, 0.05) is 27.9 Å². The number of azo groups is 3. The second-order valence-electron chi connectivity index (χ2n) is 21.2. The van der Waals surface area contributed by atoms with Crippen molar-refractivity contribution in [2.45, 2.75) is 34.3 Å². The topological polar surface area (TPSA) is 682 Å². The zero-order valence-electron chi connectivity index (χ0n) is 61.6. The first-order valence-corrected chi connectivity index (χ1v) is 41.9. The number of nitrogens with two attached hydrogens (primary N) is 1. The first kappa shape index (κ1) is 114. The Morgan fingerprint density at radius 1 is 0.415 bits per heavy atom. The van der Waals surface area contributed by atoms with Crippen molar-refractivity contribution in [1.82, 2.24) is 0 Å². The minimum absolute atomic E-state index is 0. The molecule has 0 aliphatic rings. The molecule has 9 aromatic carbocycles. The number of rotatable bonds is 35. The van der Waals surface area contributed by atoms with Crippen LogP contribution in [0.25, 0.3) is 21.5 Å². The van der Waals surface area contributed by atoms with Crippen LogP contribution in [0.4, 0.5) is 51.2 Å². The van der Waals surface area contributed by atoms with Gasteiger partial charge in [0.2, 0.25) is 10.4 Å². The molecule has 9 rings (SSSR count). The average Bonchev–Trinajstić information content (AvgIpc) is 0.853. The van der Waals surface area contributed by atoms with E-state index in [2.05, 4.69) is 73.6 Å². The molecule has 0 aromatic heterocycles. The number of phenolic OH excluding ortho intramolecular Hbond substituents is 2. The van der Waals surface area contributed by atoms with E-state index in [0.717, 1.165) is 54.6 Å². The molecule has 592 valence electrons. The van der Waals surface area contributed by atoms with Gasteiger partial charge in [-0.2, -0.15) is 19.7 Å². The summed E-state index contributed by atoms with van der Waals surface area (Å²) in [7, 11) is -32.6. The largest absolute Gasteiger partial charge is 1.00 e. The van der Waals surface area contributed by atoms with Crippen LogP contribution in [0, 0.1) is 0 Å². The van der Waals surface area contributed by atoms with Crippen molar-refractivity contribution >= 4 is 192 Å². The third-order valence-corrected chi connectivity index (χ3v) is 23.5. The Morgan fingerprint density at radius 3 is 1.25 bits per heavy atom. The SMILES string of the molecule is Nc1c(N=Nc2ccc(S(=O)(=O)CCOS(=O)(=O)[O-])cc2)c(S(=O)(=O)[O-])cc2cc(SOO[O-])c(N=Nc3ccc(C(=O)Nc4cccc(S(=O)(=O)CCOSOO[O-])c4)cc3)c(O)c12.O=C(Nc1cccc(S(=O)(=O)CCOSOO[O-])c1)c1ccc(N=Nc2c(O)c(S(=O)(=O)[O-])cc3cc(S(=O)(=O)[O-])ccc23)cc1.[Na+].[Na+].[Na+].[Na+].[Na+].[Na+].[Na+]. The molecule has 0 spiro atoms. The van der Waals surface area contributed by atoms with Crippen LogP contribution in [-0.2, 0) is 111 Å². The third kappa shape index (κ3) is 33.5. The molecule has 0 aliphatic heterocycles. The van der Waals surface area contributed by atoms with E-state index in [1.807, 2.05) is 0 Å². The summed E-state index contributed by atoms with van der Waals surface area (Å²) in [5, 5.41) is 89.4. The number of benzene rings is 9. The van der Waals surface area contributed by atoms with Gasteiger partial charge in [0.15, 0.2) is 65.7 Å². The fourth-order valence-electron chi connectivity index (χ4n) is 9.15. The van der Waals surface area contributed by atoms with E-state index in [0.29, 0.717) is 6.07 Å². The zero-order chi connectivity index (χ0) is 81.3. The van der Waals surface area contributed by atoms with Crippen molar-refractivity contribution in [3.8, 4) is 11.5 Å². The van der Waals surface area contributed by atoms with Gasteiger partial charge in [0.25, 0.3) is 11.8 Å². The minimum Gasteiger partial charge on any atom is -0.744 e. The molecule has 0 aliphatic carbocycles. The van der Waals surface area contributed by atoms with E-state index < -0.39 is 155 Å². The molecule has 0 fully saturated rings. The van der Waals surface area contributed by atoms with Gasteiger partial charge in [-0.3, -0.25) is 37.3 Å². The predicted molar refractivity (Wildman–Crippen MR) is 371 cm³/mol. The summed E-state index contributed by atoms with van der Waals surface area (Å²) >= 11 is 0.509. The molecule has 0 saturated heterocycles. The summed E-state index contributed by atoms with van der Waals surface area (Å²) in [5.74, 6) is -5.00. The van der Waals surface area contributed by atoms with Gasteiger partial charge in [-0.15, -0.1) is 24.0 Å². The minimum atomic E-state index is -5.39. The van der Waals surface area contributed by atoms with Crippen LogP contribution in [0.15, 0.2) is 223 Å². The maximum Gasteiger partial charge on any atom is 1.00 e. The number of nitrogens with one attached hydrogen (secondary N) is 2. The van der Waals surface area contributed by atoms with Crippen LogP contribution in [0.2, 0.25) is 0 Å². The van der Waals surface area contributed by atoms with Crippen LogP contribution in [0.3, 0.4) is 0 Å². The van der Waals surface area contributed by atoms with Crippen molar-refractivity contribution in [2.75, 3.05) is 53.4 Å². The smallest absolute Gasteiger partial charge is 0.744 e. The fourth-order valence-corrected chi connectivity index (χ4v) is 15.8. The summed E-state index contributed by atoms with van der Waals surface area (Å²) in [6.07, 6.45) is 0. The number of carbonyl (C=O) groups excluding carboxylic acids is 2. The average molecular weight is 1890 g/mol. The number of nitrogen functional groups attached to an aromatic ring is 1. The van der Waals surface area contributed by atoms with Crippen molar-refractivity contribution in [1.29, 1.82) is 0 Å². The molecule has 60 heteroatoms. The van der Waals surface area contributed by atoms with Crippen molar-refractivity contribution < 1.29 is 360 Å². The van der Waals surface area contributed by atoms with E-state index in [-0.39, 0.29) is 337 Å². The number of hydrogen-bond acceptors (Lipinski definition) is 44. The second kappa shape index (κ2) is 51.5. The Hall–Kier alpha value is -2.30. The van der Waals surface area contributed by atoms with Crippen molar-refractivity contribution in [2.24, 2.45) is 30.7 Å².